The molecule has 0 aromatic rings. The highest BCUT2D eigenvalue weighted by atomic mass is 16.6. The second-order valence-corrected chi connectivity index (χ2v) is 14.4. The van der Waals surface area contributed by atoms with Crippen LogP contribution in [0.4, 0.5) is 0 Å². The van der Waals surface area contributed by atoms with E-state index in [9.17, 15) is 14.4 Å². The minimum Gasteiger partial charge on any atom is -0.462 e. The standard InChI is InChI=1S/C51H80O6/c1-4-7-10-13-16-19-21-22-23-24-25-26-27-28-30-32-35-38-41-44-50(53)56-47-48(46-55-49(52)43-40-37-34-31-18-15-12-9-6-3)57-51(54)45-42-39-36-33-29-20-17-14-11-8-5-2/h7,9-10,12-13,16,18-19,21-28,30-31,48H,4-6,8,11,14-15,17,20,29,32-47H2,1-3H3/b10-7-,12-9-,16-13-,21-19-,23-22-,25-24+,27-26-,30-28-,31-18-. The molecule has 0 saturated heterocycles. The van der Waals surface area contributed by atoms with Crippen LogP contribution < -0.4 is 0 Å². The lowest BCUT2D eigenvalue weighted by atomic mass is 10.1. The van der Waals surface area contributed by atoms with Crippen LogP contribution in [0.25, 0.3) is 0 Å². The summed E-state index contributed by atoms with van der Waals surface area (Å²) in [5.41, 5.74) is 0. The zero-order valence-corrected chi connectivity index (χ0v) is 36.3. The van der Waals surface area contributed by atoms with Gasteiger partial charge in [0.05, 0.1) is 0 Å². The van der Waals surface area contributed by atoms with Crippen molar-refractivity contribution in [3.05, 3.63) is 109 Å². The van der Waals surface area contributed by atoms with E-state index in [2.05, 4.69) is 57.2 Å². The van der Waals surface area contributed by atoms with Crippen LogP contribution in [-0.2, 0) is 28.6 Å². The first-order chi connectivity index (χ1) is 28.0. The maximum atomic E-state index is 12.7. The number of hydrogen-bond acceptors (Lipinski definition) is 6. The third-order valence-electron chi connectivity index (χ3n) is 8.97. The summed E-state index contributed by atoms with van der Waals surface area (Å²) in [5, 5.41) is 0. The molecule has 0 N–H and O–H groups in total. The first-order valence-corrected chi connectivity index (χ1v) is 22.5. The zero-order chi connectivity index (χ0) is 41.5. The summed E-state index contributed by atoms with van der Waals surface area (Å²) >= 11 is 0. The number of ether oxygens (including phenoxy) is 3. The van der Waals surface area contributed by atoms with Crippen molar-refractivity contribution < 1.29 is 28.6 Å². The van der Waals surface area contributed by atoms with Crippen molar-refractivity contribution in [2.45, 2.75) is 181 Å². The van der Waals surface area contributed by atoms with Crippen LogP contribution in [0.15, 0.2) is 109 Å². The maximum absolute atomic E-state index is 12.7. The predicted molar refractivity (Wildman–Crippen MR) is 242 cm³/mol. The average molecular weight is 789 g/mol. The lowest BCUT2D eigenvalue weighted by molar-refractivity contribution is -0.167. The van der Waals surface area contributed by atoms with E-state index in [1.165, 1.54) is 51.4 Å². The Hall–Kier alpha value is -3.93. The summed E-state index contributed by atoms with van der Waals surface area (Å²) in [6, 6.07) is 0. The molecular weight excluding hydrogens is 709 g/mol. The Bertz CT molecular complexity index is 1230. The molecule has 57 heavy (non-hydrogen) atoms. The molecule has 0 fully saturated rings. The molecular formula is C51H80O6. The van der Waals surface area contributed by atoms with Crippen LogP contribution in [0.5, 0.6) is 0 Å². The molecule has 0 bridgehead atoms. The van der Waals surface area contributed by atoms with E-state index < -0.39 is 6.10 Å². The average Bonchev–Trinajstić information content (AvgIpc) is 3.21. The number of carbonyl (C=O) groups is 3. The molecule has 0 spiro atoms. The highest BCUT2D eigenvalue weighted by Gasteiger charge is 2.19. The molecule has 1 unspecified atom stereocenters. The molecule has 0 radical (unpaired) electrons. The Morgan fingerprint density at radius 1 is 0.386 bits per heavy atom. The Balaban J connectivity index is 4.49. The van der Waals surface area contributed by atoms with Gasteiger partial charge in [0.15, 0.2) is 6.10 Å². The fourth-order valence-corrected chi connectivity index (χ4v) is 5.64. The molecule has 0 aromatic heterocycles. The smallest absolute Gasteiger partial charge is 0.306 e. The van der Waals surface area contributed by atoms with Crippen LogP contribution in [0, 0.1) is 0 Å². The molecule has 320 valence electrons. The van der Waals surface area contributed by atoms with Gasteiger partial charge in [-0.3, -0.25) is 14.4 Å². The minimum atomic E-state index is -0.807. The number of rotatable bonds is 38. The summed E-state index contributed by atoms with van der Waals surface area (Å²) in [7, 11) is 0. The second kappa shape index (κ2) is 44.8. The van der Waals surface area contributed by atoms with E-state index >= 15 is 0 Å². The van der Waals surface area contributed by atoms with E-state index in [4.69, 9.17) is 14.2 Å². The van der Waals surface area contributed by atoms with E-state index in [0.29, 0.717) is 19.3 Å². The van der Waals surface area contributed by atoms with Gasteiger partial charge in [-0.05, 0) is 64.2 Å². The highest BCUT2D eigenvalue weighted by molar-refractivity contribution is 5.71. The third-order valence-corrected chi connectivity index (χ3v) is 8.97. The van der Waals surface area contributed by atoms with Gasteiger partial charge >= 0.3 is 17.9 Å². The predicted octanol–water partition coefficient (Wildman–Crippen LogP) is 14.4. The number of unbranched alkanes of at least 4 members (excludes halogenated alkanes) is 15. The fourth-order valence-electron chi connectivity index (χ4n) is 5.64. The second-order valence-electron chi connectivity index (χ2n) is 14.4. The van der Waals surface area contributed by atoms with Gasteiger partial charge in [0, 0.05) is 19.3 Å². The zero-order valence-electron chi connectivity index (χ0n) is 36.3. The Kier molecular flexibility index (Phi) is 41.7. The van der Waals surface area contributed by atoms with E-state index in [1.54, 1.807) is 0 Å². The van der Waals surface area contributed by atoms with Crippen molar-refractivity contribution in [2.24, 2.45) is 0 Å². The summed E-state index contributed by atoms with van der Waals surface area (Å²) in [5.74, 6) is -1.00. The maximum Gasteiger partial charge on any atom is 0.306 e. The normalized spacial score (nSPS) is 13.1. The molecule has 0 aromatic carbocycles. The van der Waals surface area contributed by atoms with Crippen molar-refractivity contribution in [3.63, 3.8) is 0 Å². The van der Waals surface area contributed by atoms with Crippen LogP contribution >= 0.6 is 0 Å². The molecule has 0 aliphatic rings. The van der Waals surface area contributed by atoms with Gasteiger partial charge in [0.2, 0.25) is 0 Å². The van der Waals surface area contributed by atoms with Gasteiger partial charge in [0.1, 0.15) is 13.2 Å². The first kappa shape index (κ1) is 53.1. The molecule has 1 atom stereocenters. The topological polar surface area (TPSA) is 78.9 Å². The monoisotopic (exact) mass is 789 g/mol. The first-order valence-electron chi connectivity index (χ1n) is 22.5. The number of allylic oxidation sites excluding steroid dienone is 18. The van der Waals surface area contributed by atoms with Gasteiger partial charge in [-0.1, -0.05) is 201 Å². The lowest BCUT2D eigenvalue weighted by Crippen LogP contribution is -2.30. The quantitative estimate of drug-likeness (QED) is 0.0204. The summed E-state index contributed by atoms with van der Waals surface area (Å²) in [6.45, 7) is 6.25. The van der Waals surface area contributed by atoms with Crippen LogP contribution in [0.1, 0.15) is 175 Å². The fraction of sp³-hybridized carbons (Fsp3) is 0.588. The molecule has 0 rings (SSSR count). The van der Waals surface area contributed by atoms with E-state index in [0.717, 1.165) is 83.5 Å². The third kappa shape index (κ3) is 43.0. The number of esters is 3. The Morgan fingerprint density at radius 3 is 1.30 bits per heavy atom. The van der Waals surface area contributed by atoms with Crippen LogP contribution in [0.2, 0.25) is 0 Å². The van der Waals surface area contributed by atoms with Crippen molar-refractivity contribution >= 4 is 17.9 Å². The van der Waals surface area contributed by atoms with Gasteiger partial charge in [-0.25, -0.2) is 0 Å². The van der Waals surface area contributed by atoms with Gasteiger partial charge in [-0.2, -0.15) is 0 Å². The lowest BCUT2D eigenvalue weighted by Gasteiger charge is -2.18. The largest absolute Gasteiger partial charge is 0.462 e. The molecule has 6 heteroatoms. The minimum absolute atomic E-state index is 0.111. The van der Waals surface area contributed by atoms with Gasteiger partial charge in [-0.15, -0.1) is 0 Å². The summed E-state index contributed by atoms with van der Waals surface area (Å²) in [6.07, 6.45) is 59.3. The van der Waals surface area contributed by atoms with Crippen molar-refractivity contribution in [1.29, 1.82) is 0 Å². The van der Waals surface area contributed by atoms with Crippen molar-refractivity contribution in [3.8, 4) is 0 Å². The Labute approximate surface area is 349 Å². The molecule has 0 heterocycles. The van der Waals surface area contributed by atoms with Crippen molar-refractivity contribution in [1.82, 2.24) is 0 Å². The van der Waals surface area contributed by atoms with Crippen LogP contribution in [-0.4, -0.2) is 37.2 Å². The number of carbonyl (C=O) groups excluding carboxylic acids is 3. The molecule has 0 saturated carbocycles. The number of hydrogen-bond donors (Lipinski definition) is 0. The molecule has 0 aliphatic heterocycles. The molecule has 0 amide bonds. The molecule has 0 aliphatic carbocycles. The van der Waals surface area contributed by atoms with Gasteiger partial charge < -0.3 is 14.2 Å². The highest BCUT2D eigenvalue weighted by Crippen LogP contribution is 2.13. The summed E-state index contributed by atoms with van der Waals surface area (Å²) in [4.78, 5) is 37.6. The van der Waals surface area contributed by atoms with Crippen LogP contribution in [0.3, 0.4) is 0 Å². The SMILES string of the molecule is CC\C=C/C=C\C=C/C=C\C=C\C=C/C=C\CCCCCC(=O)OCC(COC(=O)CCCC/C=C\C/C=C\CC)OC(=O)CCCCCCCCCCCCC. The Morgan fingerprint density at radius 2 is 0.772 bits per heavy atom. The van der Waals surface area contributed by atoms with E-state index in [1.807, 2.05) is 72.9 Å². The van der Waals surface area contributed by atoms with E-state index in [-0.39, 0.29) is 31.1 Å². The molecule has 6 nitrogen and oxygen atoms in total. The summed E-state index contributed by atoms with van der Waals surface area (Å²) < 4.78 is 16.6. The van der Waals surface area contributed by atoms with Crippen molar-refractivity contribution in [2.75, 3.05) is 13.2 Å². The van der Waals surface area contributed by atoms with Gasteiger partial charge in [0.25, 0.3) is 0 Å².